The van der Waals surface area contributed by atoms with Gasteiger partial charge in [0, 0.05) is 17.0 Å². The highest BCUT2D eigenvalue weighted by atomic mass is 15.1. The van der Waals surface area contributed by atoms with Gasteiger partial charge in [0.2, 0.25) is 5.95 Å². The highest BCUT2D eigenvalue weighted by Crippen LogP contribution is 2.35. The van der Waals surface area contributed by atoms with Crippen LogP contribution in [0.2, 0.25) is 0 Å². The Balaban J connectivity index is 1.83. The number of rotatable bonds is 4. The fourth-order valence-corrected chi connectivity index (χ4v) is 3.75. The van der Waals surface area contributed by atoms with E-state index in [0.29, 0.717) is 23.1 Å². The summed E-state index contributed by atoms with van der Waals surface area (Å²) in [5.74, 6) is 0.711. The third kappa shape index (κ3) is 3.96. The van der Waals surface area contributed by atoms with E-state index >= 15 is 0 Å². The Bertz CT molecular complexity index is 1420. The van der Waals surface area contributed by atoms with Crippen molar-refractivity contribution in [2.75, 3.05) is 11.1 Å². The molecule has 7 nitrogen and oxygen atoms in total. The van der Waals surface area contributed by atoms with Gasteiger partial charge in [-0.25, -0.2) is 9.97 Å². The van der Waals surface area contributed by atoms with E-state index in [4.69, 9.17) is 21.2 Å². The van der Waals surface area contributed by atoms with Gasteiger partial charge in [-0.15, -0.1) is 0 Å². The summed E-state index contributed by atoms with van der Waals surface area (Å²) in [6.45, 7) is 4.08. The van der Waals surface area contributed by atoms with Crippen molar-refractivity contribution >= 4 is 34.4 Å². The second-order valence-electron chi connectivity index (χ2n) is 7.30. The SMILES string of the molecule is Cc1cc(/C=C/C#N)cc(C)c1-c1cccc2c(N)nc(Nc3ccc(C#N)nc3)nc12. The number of hydrogen-bond acceptors (Lipinski definition) is 7. The predicted molar refractivity (Wildman–Crippen MR) is 126 cm³/mol. The van der Waals surface area contributed by atoms with Crippen molar-refractivity contribution < 1.29 is 0 Å². The number of nitrogens with zero attached hydrogens (tertiary/aromatic N) is 5. The van der Waals surface area contributed by atoms with E-state index < -0.39 is 0 Å². The minimum absolute atomic E-state index is 0.329. The standard InChI is InChI=1S/C25H19N7/c1-15-11-17(5-4-10-26)12-16(2)22(15)20-6-3-7-21-23(20)31-25(32-24(21)28)30-19-9-8-18(13-27)29-14-19/h3-9,11-12,14H,1-2H3,(H3,28,30,31,32)/b5-4+. The molecule has 0 aliphatic carbocycles. The van der Waals surface area contributed by atoms with E-state index in [1.165, 1.54) is 6.08 Å². The maximum absolute atomic E-state index is 8.92. The lowest BCUT2D eigenvalue weighted by Gasteiger charge is -2.15. The molecule has 2 aromatic carbocycles. The number of aryl methyl sites for hydroxylation is 2. The predicted octanol–water partition coefficient (Wildman–Crippen LogP) is 5.04. The molecule has 0 radical (unpaired) electrons. The summed E-state index contributed by atoms with van der Waals surface area (Å²) in [5.41, 5.74) is 13.1. The number of nitriles is 2. The number of nitrogen functional groups attached to an aromatic ring is 1. The normalized spacial score (nSPS) is 10.8. The summed E-state index contributed by atoms with van der Waals surface area (Å²) in [6, 6.07) is 17.3. The molecule has 154 valence electrons. The van der Waals surface area contributed by atoms with Crippen LogP contribution in [-0.2, 0) is 0 Å². The molecular formula is C25H19N7. The van der Waals surface area contributed by atoms with Crippen molar-refractivity contribution in [3.05, 3.63) is 77.1 Å². The molecule has 0 unspecified atom stereocenters. The Hall–Kier alpha value is -4.75. The zero-order valence-corrected chi connectivity index (χ0v) is 17.6. The van der Waals surface area contributed by atoms with Crippen LogP contribution >= 0.6 is 0 Å². The first-order chi connectivity index (χ1) is 15.5. The molecular weight excluding hydrogens is 398 g/mol. The Morgan fingerprint density at radius 2 is 1.81 bits per heavy atom. The molecule has 0 spiro atoms. The van der Waals surface area contributed by atoms with Crippen molar-refractivity contribution in [2.24, 2.45) is 0 Å². The highest BCUT2D eigenvalue weighted by molar-refractivity contribution is 6.00. The number of anilines is 3. The second kappa shape index (κ2) is 8.55. The van der Waals surface area contributed by atoms with Crippen LogP contribution in [0.15, 0.2) is 54.7 Å². The van der Waals surface area contributed by atoms with Crippen molar-refractivity contribution in [2.45, 2.75) is 13.8 Å². The van der Waals surface area contributed by atoms with Gasteiger partial charge in [0.15, 0.2) is 0 Å². The first-order valence-corrected chi connectivity index (χ1v) is 9.87. The number of allylic oxidation sites excluding steroid dienone is 1. The van der Waals surface area contributed by atoms with Gasteiger partial charge in [-0.3, -0.25) is 0 Å². The number of para-hydroxylation sites is 1. The smallest absolute Gasteiger partial charge is 0.229 e. The molecule has 3 N–H and O–H groups in total. The molecule has 0 saturated heterocycles. The molecule has 0 atom stereocenters. The summed E-state index contributed by atoms with van der Waals surface area (Å²) in [4.78, 5) is 13.2. The number of hydrogen-bond donors (Lipinski definition) is 2. The maximum atomic E-state index is 8.92. The van der Waals surface area contributed by atoms with Crippen LogP contribution in [0.3, 0.4) is 0 Å². The molecule has 0 fully saturated rings. The summed E-state index contributed by atoms with van der Waals surface area (Å²) >= 11 is 0. The van der Waals surface area contributed by atoms with Gasteiger partial charge in [-0.1, -0.05) is 24.3 Å². The van der Waals surface area contributed by atoms with Crippen molar-refractivity contribution in [1.82, 2.24) is 15.0 Å². The average molecular weight is 417 g/mol. The van der Waals surface area contributed by atoms with Crippen LogP contribution in [0.5, 0.6) is 0 Å². The number of nitrogens with one attached hydrogen (secondary N) is 1. The van der Waals surface area contributed by atoms with Gasteiger partial charge >= 0.3 is 0 Å². The summed E-state index contributed by atoms with van der Waals surface area (Å²) in [5, 5.41) is 21.6. The lowest BCUT2D eigenvalue weighted by Crippen LogP contribution is -2.03. The first-order valence-electron chi connectivity index (χ1n) is 9.87. The summed E-state index contributed by atoms with van der Waals surface area (Å²) in [6.07, 6.45) is 4.81. The Kier molecular flexibility index (Phi) is 5.48. The van der Waals surface area contributed by atoms with Gasteiger partial charge in [0.05, 0.1) is 23.5 Å². The van der Waals surface area contributed by atoms with Crippen LogP contribution in [-0.4, -0.2) is 15.0 Å². The van der Waals surface area contributed by atoms with Gasteiger partial charge in [0.25, 0.3) is 0 Å². The van der Waals surface area contributed by atoms with E-state index in [1.54, 1.807) is 24.4 Å². The van der Waals surface area contributed by atoms with Crippen molar-refractivity contribution in [3.8, 4) is 23.3 Å². The zero-order valence-electron chi connectivity index (χ0n) is 17.6. The monoisotopic (exact) mass is 417 g/mol. The van der Waals surface area contributed by atoms with Gasteiger partial charge in [0.1, 0.15) is 17.6 Å². The van der Waals surface area contributed by atoms with Crippen LogP contribution in [0.4, 0.5) is 17.5 Å². The fraction of sp³-hybridized carbons (Fsp3) is 0.0800. The second-order valence-corrected chi connectivity index (χ2v) is 7.30. The van der Waals surface area contributed by atoms with E-state index in [2.05, 4.69) is 15.3 Å². The topological polar surface area (TPSA) is 124 Å². The molecule has 4 aromatic rings. The van der Waals surface area contributed by atoms with E-state index in [9.17, 15) is 0 Å². The summed E-state index contributed by atoms with van der Waals surface area (Å²) < 4.78 is 0. The number of benzene rings is 2. The molecule has 0 amide bonds. The molecule has 4 rings (SSSR count). The van der Waals surface area contributed by atoms with Crippen LogP contribution in [0, 0.1) is 36.5 Å². The van der Waals surface area contributed by atoms with Gasteiger partial charge in [-0.05, 0) is 60.4 Å². The number of pyridine rings is 1. The molecule has 0 bridgehead atoms. The minimum atomic E-state index is 0.329. The molecule has 0 saturated carbocycles. The molecule has 0 aliphatic heterocycles. The number of aromatic nitrogens is 3. The van der Waals surface area contributed by atoms with E-state index in [-0.39, 0.29) is 0 Å². The zero-order chi connectivity index (χ0) is 22.7. The lowest BCUT2D eigenvalue weighted by atomic mass is 9.92. The minimum Gasteiger partial charge on any atom is -0.383 e. The van der Waals surface area contributed by atoms with Crippen LogP contribution in [0.1, 0.15) is 22.4 Å². The molecule has 7 heteroatoms. The third-order valence-corrected chi connectivity index (χ3v) is 5.06. The largest absolute Gasteiger partial charge is 0.383 e. The molecule has 2 aromatic heterocycles. The number of nitrogens with two attached hydrogens (primary N) is 1. The molecule has 2 heterocycles. The van der Waals surface area contributed by atoms with Gasteiger partial charge < -0.3 is 11.1 Å². The molecule has 0 aliphatic rings. The Labute approximate surface area is 185 Å². The fourth-order valence-electron chi connectivity index (χ4n) is 3.75. The van der Waals surface area contributed by atoms with E-state index in [0.717, 1.165) is 38.7 Å². The quantitative estimate of drug-likeness (QED) is 0.445. The average Bonchev–Trinajstić information content (AvgIpc) is 2.78. The van der Waals surface area contributed by atoms with E-state index in [1.807, 2.05) is 56.3 Å². The highest BCUT2D eigenvalue weighted by Gasteiger charge is 2.15. The number of fused-ring (bicyclic) bond motifs is 1. The van der Waals surface area contributed by atoms with Crippen molar-refractivity contribution in [3.63, 3.8) is 0 Å². The van der Waals surface area contributed by atoms with Crippen LogP contribution in [0.25, 0.3) is 28.1 Å². The van der Waals surface area contributed by atoms with Gasteiger partial charge in [-0.2, -0.15) is 15.5 Å². The summed E-state index contributed by atoms with van der Waals surface area (Å²) in [7, 11) is 0. The maximum Gasteiger partial charge on any atom is 0.229 e. The molecule has 32 heavy (non-hydrogen) atoms. The van der Waals surface area contributed by atoms with Crippen molar-refractivity contribution in [1.29, 1.82) is 10.5 Å². The lowest BCUT2D eigenvalue weighted by molar-refractivity contribution is 1.20. The third-order valence-electron chi connectivity index (χ3n) is 5.06. The first kappa shape index (κ1) is 20.5. The Morgan fingerprint density at radius 1 is 1.03 bits per heavy atom. The Morgan fingerprint density at radius 3 is 2.47 bits per heavy atom. The van der Waals surface area contributed by atoms with Crippen LogP contribution < -0.4 is 11.1 Å².